The molecule has 24 heavy (non-hydrogen) atoms. The lowest BCUT2D eigenvalue weighted by atomic mass is 10.1. The molecule has 0 aliphatic rings. The summed E-state index contributed by atoms with van der Waals surface area (Å²) in [7, 11) is 3.50. The highest BCUT2D eigenvalue weighted by atomic mass is 16.3. The molecule has 0 atom stereocenters. The Labute approximate surface area is 143 Å². The number of aliphatic hydroxyl groups excluding tert-OH is 1. The molecular formula is C18H26N4O2. The summed E-state index contributed by atoms with van der Waals surface area (Å²) in [5, 5.41) is 17.0. The van der Waals surface area contributed by atoms with Crippen LogP contribution in [0.2, 0.25) is 0 Å². The van der Waals surface area contributed by atoms with E-state index in [0.29, 0.717) is 18.7 Å². The van der Waals surface area contributed by atoms with Gasteiger partial charge in [0.1, 0.15) is 0 Å². The third kappa shape index (κ3) is 3.76. The molecule has 6 heteroatoms. The van der Waals surface area contributed by atoms with E-state index in [-0.39, 0.29) is 12.5 Å². The fourth-order valence-corrected chi connectivity index (χ4v) is 2.69. The molecule has 0 radical (unpaired) electrons. The predicted molar refractivity (Wildman–Crippen MR) is 95.3 cm³/mol. The lowest BCUT2D eigenvalue weighted by molar-refractivity contribution is 0.0827. The van der Waals surface area contributed by atoms with E-state index in [1.165, 1.54) is 0 Å². The molecule has 6 nitrogen and oxygen atoms in total. The van der Waals surface area contributed by atoms with E-state index in [1.54, 1.807) is 19.0 Å². The van der Waals surface area contributed by atoms with E-state index < -0.39 is 0 Å². The zero-order valence-electron chi connectivity index (χ0n) is 15.1. The molecule has 0 aliphatic carbocycles. The molecule has 1 heterocycles. The Hall–Kier alpha value is -2.34. The van der Waals surface area contributed by atoms with Crippen LogP contribution >= 0.6 is 0 Å². The number of nitrogens with one attached hydrogen (secondary N) is 1. The monoisotopic (exact) mass is 330 g/mol. The van der Waals surface area contributed by atoms with Crippen molar-refractivity contribution in [3.8, 4) is 0 Å². The summed E-state index contributed by atoms with van der Waals surface area (Å²) < 4.78 is 1.82. The Balaban J connectivity index is 2.20. The van der Waals surface area contributed by atoms with Gasteiger partial charge in [0.05, 0.1) is 18.8 Å². The standard InChI is InChI=1S/C18H26N4O2/c1-12-6-7-15(18(24)21(4)5)10-17(12)19-11-16-13(2)20-22(8-9-23)14(16)3/h6-7,10,19,23H,8-9,11H2,1-5H3. The largest absolute Gasteiger partial charge is 0.394 e. The van der Waals surface area contributed by atoms with E-state index in [2.05, 4.69) is 10.4 Å². The maximum Gasteiger partial charge on any atom is 0.253 e. The molecule has 2 rings (SSSR count). The molecule has 1 amide bonds. The van der Waals surface area contributed by atoms with Crippen molar-refractivity contribution in [2.75, 3.05) is 26.0 Å². The average molecular weight is 330 g/mol. The Morgan fingerprint density at radius 1 is 1.29 bits per heavy atom. The number of aliphatic hydroxyl groups is 1. The summed E-state index contributed by atoms with van der Waals surface area (Å²) >= 11 is 0. The maximum atomic E-state index is 12.1. The maximum absolute atomic E-state index is 12.1. The number of benzene rings is 1. The second-order valence-corrected chi connectivity index (χ2v) is 6.18. The highest BCUT2D eigenvalue weighted by Crippen LogP contribution is 2.20. The summed E-state index contributed by atoms with van der Waals surface area (Å²) in [6, 6.07) is 5.69. The van der Waals surface area contributed by atoms with Crippen LogP contribution in [0.1, 0.15) is 32.9 Å². The molecule has 0 aliphatic heterocycles. The lowest BCUT2D eigenvalue weighted by Gasteiger charge is -2.14. The third-order valence-electron chi connectivity index (χ3n) is 4.19. The first-order valence-corrected chi connectivity index (χ1v) is 8.05. The molecule has 0 spiro atoms. The van der Waals surface area contributed by atoms with Crippen molar-refractivity contribution in [1.29, 1.82) is 0 Å². The molecule has 0 bridgehead atoms. The van der Waals surface area contributed by atoms with E-state index in [0.717, 1.165) is 28.2 Å². The second kappa shape index (κ2) is 7.49. The van der Waals surface area contributed by atoms with Crippen LogP contribution in [0.3, 0.4) is 0 Å². The van der Waals surface area contributed by atoms with Crippen molar-refractivity contribution in [2.24, 2.45) is 0 Å². The first kappa shape index (κ1) is 18.0. The quantitative estimate of drug-likeness (QED) is 0.851. The Morgan fingerprint density at radius 3 is 2.62 bits per heavy atom. The molecule has 2 N–H and O–H groups in total. The van der Waals surface area contributed by atoms with Gasteiger partial charge < -0.3 is 15.3 Å². The van der Waals surface area contributed by atoms with Crippen molar-refractivity contribution in [2.45, 2.75) is 33.9 Å². The van der Waals surface area contributed by atoms with Gasteiger partial charge in [-0.2, -0.15) is 5.10 Å². The highest BCUT2D eigenvalue weighted by Gasteiger charge is 2.13. The number of aryl methyl sites for hydroxylation is 2. The van der Waals surface area contributed by atoms with Gasteiger partial charge in [0.25, 0.3) is 5.91 Å². The summed E-state index contributed by atoms with van der Waals surface area (Å²) in [4.78, 5) is 13.7. The molecule has 130 valence electrons. The Bertz CT molecular complexity index is 735. The van der Waals surface area contributed by atoms with Crippen LogP contribution in [0.4, 0.5) is 5.69 Å². The number of hydrogen-bond donors (Lipinski definition) is 2. The van der Waals surface area contributed by atoms with Gasteiger partial charge in [-0.25, -0.2) is 0 Å². The summed E-state index contributed by atoms with van der Waals surface area (Å²) in [6.45, 7) is 7.19. The molecular weight excluding hydrogens is 304 g/mol. The van der Waals surface area contributed by atoms with Crippen LogP contribution in [-0.4, -0.2) is 46.4 Å². The number of anilines is 1. The minimum Gasteiger partial charge on any atom is -0.394 e. The number of amides is 1. The zero-order valence-corrected chi connectivity index (χ0v) is 15.1. The van der Waals surface area contributed by atoms with Crippen molar-refractivity contribution in [3.05, 3.63) is 46.3 Å². The van der Waals surface area contributed by atoms with E-state index in [4.69, 9.17) is 5.11 Å². The van der Waals surface area contributed by atoms with Gasteiger partial charge in [-0.1, -0.05) is 6.07 Å². The molecule has 0 fully saturated rings. The lowest BCUT2D eigenvalue weighted by Crippen LogP contribution is -2.21. The summed E-state index contributed by atoms with van der Waals surface area (Å²) in [5.41, 5.74) is 5.81. The second-order valence-electron chi connectivity index (χ2n) is 6.18. The first-order valence-electron chi connectivity index (χ1n) is 8.05. The number of rotatable bonds is 6. The van der Waals surface area contributed by atoms with Crippen molar-refractivity contribution >= 4 is 11.6 Å². The molecule has 0 saturated heterocycles. The number of carbonyl (C=O) groups excluding carboxylic acids is 1. The average Bonchev–Trinajstić information content (AvgIpc) is 2.80. The van der Waals surface area contributed by atoms with Gasteiger partial charge in [-0.05, 0) is 38.5 Å². The van der Waals surface area contributed by atoms with Crippen LogP contribution < -0.4 is 5.32 Å². The SMILES string of the molecule is Cc1ccc(C(=O)N(C)C)cc1NCc1c(C)nn(CCO)c1C. The van der Waals surface area contributed by atoms with Crippen LogP contribution in [0.15, 0.2) is 18.2 Å². The fourth-order valence-electron chi connectivity index (χ4n) is 2.69. The minimum absolute atomic E-state index is 0.0128. The molecule has 1 aromatic heterocycles. The van der Waals surface area contributed by atoms with Crippen LogP contribution in [0.25, 0.3) is 0 Å². The third-order valence-corrected chi connectivity index (χ3v) is 4.19. The molecule has 2 aromatic rings. The van der Waals surface area contributed by atoms with Gasteiger partial charge in [0.2, 0.25) is 0 Å². The smallest absolute Gasteiger partial charge is 0.253 e. The van der Waals surface area contributed by atoms with Gasteiger partial charge in [0.15, 0.2) is 0 Å². The number of carbonyl (C=O) groups is 1. The van der Waals surface area contributed by atoms with Crippen LogP contribution in [0.5, 0.6) is 0 Å². The van der Waals surface area contributed by atoms with Crippen LogP contribution in [-0.2, 0) is 13.1 Å². The van der Waals surface area contributed by atoms with Gasteiger partial charge in [-0.3, -0.25) is 9.48 Å². The first-order chi connectivity index (χ1) is 11.3. The van der Waals surface area contributed by atoms with Gasteiger partial charge >= 0.3 is 0 Å². The van der Waals surface area contributed by atoms with E-state index >= 15 is 0 Å². The minimum atomic E-state index is -0.0128. The van der Waals surface area contributed by atoms with Gasteiger partial charge in [0, 0.05) is 43.1 Å². The van der Waals surface area contributed by atoms with Gasteiger partial charge in [-0.15, -0.1) is 0 Å². The van der Waals surface area contributed by atoms with Crippen LogP contribution in [0, 0.1) is 20.8 Å². The summed E-state index contributed by atoms with van der Waals surface area (Å²) in [6.07, 6.45) is 0. The molecule has 0 unspecified atom stereocenters. The molecule has 1 aromatic carbocycles. The number of nitrogens with zero attached hydrogens (tertiary/aromatic N) is 3. The van der Waals surface area contributed by atoms with Crippen molar-refractivity contribution in [3.63, 3.8) is 0 Å². The highest BCUT2D eigenvalue weighted by molar-refractivity contribution is 5.95. The zero-order chi connectivity index (χ0) is 17.9. The Kier molecular flexibility index (Phi) is 5.62. The number of aromatic nitrogens is 2. The topological polar surface area (TPSA) is 70.4 Å². The van der Waals surface area contributed by atoms with Crippen molar-refractivity contribution < 1.29 is 9.90 Å². The van der Waals surface area contributed by atoms with E-state index in [1.807, 2.05) is 43.7 Å². The normalized spacial score (nSPS) is 10.8. The summed E-state index contributed by atoms with van der Waals surface area (Å²) in [5.74, 6) is -0.0128. The van der Waals surface area contributed by atoms with E-state index in [9.17, 15) is 4.79 Å². The Morgan fingerprint density at radius 2 is 2.00 bits per heavy atom. The predicted octanol–water partition coefficient (Wildman–Crippen LogP) is 2.11. The molecule has 0 saturated carbocycles. The van der Waals surface area contributed by atoms with Crippen molar-refractivity contribution in [1.82, 2.24) is 14.7 Å². The number of hydrogen-bond acceptors (Lipinski definition) is 4. The fraction of sp³-hybridized carbons (Fsp3) is 0.444.